The van der Waals surface area contributed by atoms with Gasteiger partial charge in [-0.05, 0) is 47.2 Å². The molecular weight excluding hydrogens is 334 g/mol. The van der Waals surface area contributed by atoms with Crippen LogP contribution in [0.15, 0.2) is 69.9 Å². The summed E-state index contributed by atoms with van der Waals surface area (Å²) >= 11 is 0. The lowest BCUT2D eigenvalue weighted by Crippen LogP contribution is -2.23. The SMILES string of the molecule is COc1ccc2ccc(OC(=O)Cn3c(=O)oc4ccccc43)cc2c1. The number of hydrogen-bond acceptors (Lipinski definition) is 5. The van der Waals surface area contributed by atoms with Crippen molar-refractivity contribution in [3.63, 3.8) is 0 Å². The maximum atomic E-state index is 12.3. The Morgan fingerprint density at radius 1 is 1.00 bits per heavy atom. The third kappa shape index (κ3) is 2.93. The maximum absolute atomic E-state index is 12.3. The van der Waals surface area contributed by atoms with Crippen molar-refractivity contribution in [2.24, 2.45) is 0 Å². The van der Waals surface area contributed by atoms with Gasteiger partial charge in [-0.1, -0.05) is 24.3 Å². The molecule has 6 nitrogen and oxygen atoms in total. The van der Waals surface area contributed by atoms with Gasteiger partial charge in [-0.15, -0.1) is 0 Å². The summed E-state index contributed by atoms with van der Waals surface area (Å²) in [4.78, 5) is 24.2. The van der Waals surface area contributed by atoms with E-state index in [9.17, 15) is 9.59 Å². The quantitative estimate of drug-likeness (QED) is 0.417. The Labute approximate surface area is 148 Å². The summed E-state index contributed by atoms with van der Waals surface area (Å²) in [6.45, 7) is -0.230. The Morgan fingerprint density at radius 3 is 2.54 bits per heavy atom. The van der Waals surface area contributed by atoms with Gasteiger partial charge in [0.15, 0.2) is 5.58 Å². The molecule has 0 radical (unpaired) electrons. The van der Waals surface area contributed by atoms with Crippen molar-refractivity contribution >= 4 is 27.8 Å². The summed E-state index contributed by atoms with van der Waals surface area (Å²) in [5, 5.41) is 1.89. The lowest BCUT2D eigenvalue weighted by molar-refractivity contribution is -0.135. The van der Waals surface area contributed by atoms with Crippen molar-refractivity contribution in [3.8, 4) is 11.5 Å². The Kier molecular flexibility index (Phi) is 3.93. The largest absolute Gasteiger partial charge is 0.497 e. The molecule has 0 bridgehead atoms. The monoisotopic (exact) mass is 349 g/mol. The van der Waals surface area contributed by atoms with E-state index in [4.69, 9.17) is 13.9 Å². The number of ether oxygens (including phenoxy) is 2. The Hall–Kier alpha value is -3.54. The highest BCUT2D eigenvalue weighted by Gasteiger charge is 2.14. The van der Waals surface area contributed by atoms with E-state index in [1.807, 2.05) is 24.3 Å². The van der Waals surface area contributed by atoms with Gasteiger partial charge in [-0.2, -0.15) is 0 Å². The third-order valence-corrected chi connectivity index (χ3v) is 4.11. The van der Waals surface area contributed by atoms with Crippen molar-refractivity contribution in [1.82, 2.24) is 4.57 Å². The van der Waals surface area contributed by atoms with Gasteiger partial charge in [0.25, 0.3) is 0 Å². The van der Waals surface area contributed by atoms with Crippen LogP contribution >= 0.6 is 0 Å². The fraction of sp³-hybridized carbons (Fsp3) is 0.100. The van der Waals surface area contributed by atoms with Crippen molar-refractivity contribution in [2.45, 2.75) is 6.54 Å². The van der Waals surface area contributed by atoms with Gasteiger partial charge in [-0.3, -0.25) is 4.57 Å². The van der Waals surface area contributed by atoms with E-state index in [0.717, 1.165) is 16.5 Å². The smallest absolute Gasteiger partial charge is 0.420 e. The summed E-state index contributed by atoms with van der Waals surface area (Å²) in [5.74, 6) is -0.0266. The van der Waals surface area contributed by atoms with Crippen LogP contribution in [0.2, 0.25) is 0 Å². The molecule has 26 heavy (non-hydrogen) atoms. The number of esters is 1. The van der Waals surface area contributed by atoms with Crippen LogP contribution < -0.4 is 15.2 Å². The summed E-state index contributed by atoms with van der Waals surface area (Å²) < 4.78 is 17.0. The number of methoxy groups -OCH3 is 1. The molecule has 4 aromatic rings. The number of oxazole rings is 1. The second-order valence-electron chi connectivity index (χ2n) is 5.77. The zero-order chi connectivity index (χ0) is 18.1. The average molecular weight is 349 g/mol. The molecule has 0 saturated heterocycles. The van der Waals surface area contributed by atoms with E-state index < -0.39 is 11.7 Å². The second kappa shape index (κ2) is 6.40. The summed E-state index contributed by atoms with van der Waals surface area (Å²) in [6.07, 6.45) is 0. The van der Waals surface area contributed by atoms with E-state index in [1.165, 1.54) is 4.57 Å². The number of carbonyl (C=O) groups excluding carboxylic acids is 1. The summed E-state index contributed by atoms with van der Waals surface area (Å²) in [6, 6.07) is 17.9. The van der Waals surface area contributed by atoms with Gasteiger partial charge in [0, 0.05) is 0 Å². The number of hydrogen-bond donors (Lipinski definition) is 0. The fourth-order valence-electron chi connectivity index (χ4n) is 2.85. The zero-order valence-electron chi connectivity index (χ0n) is 14.0. The number of fused-ring (bicyclic) bond motifs is 2. The van der Waals surface area contributed by atoms with Crippen molar-refractivity contribution in [1.29, 1.82) is 0 Å². The molecule has 3 aromatic carbocycles. The molecule has 1 aromatic heterocycles. The van der Waals surface area contributed by atoms with Crippen molar-refractivity contribution in [2.75, 3.05) is 7.11 Å². The molecule has 0 N–H and O–H groups in total. The Morgan fingerprint density at radius 2 is 1.73 bits per heavy atom. The molecule has 0 aliphatic carbocycles. The van der Waals surface area contributed by atoms with Crippen LogP contribution in [-0.4, -0.2) is 17.6 Å². The first-order chi connectivity index (χ1) is 12.6. The summed E-state index contributed by atoms with van der Waals surface area (Å²) in [7, 11) is 1.60. The first kappa shape index (κ1) is 16.0. The molecule has 0 aliphatic rings. The molecule has 4 rings (SSSR count). The lowest BCUT2D eigenvalue weighted by Gasteiger charge is -2.07. The number of aromatic nitrogens is 1. The van der Waals surface area contributed by atoms with Gasteiger partial charge in [0.1, 0.15) is 18.0 Å². The van der Waals surface area contributed by atoms with E-state index in [1.54, 1.807) is 43.5 Å². The number of carbonyl (C=O) groups is 1. The van der Waals surface area contributed by atoms with Crippen LogP contribution in [0.25, 0.3) is 21.9 Å². The molecule has 130 valence electrons. The maximum Gasteiger partial charge on any atom is 0.420 e. The van der Waals surface area contributed by atoms with Crippen LogP contribution in [0.5, 0.6) is 11.5 Å². The fourth-order valence-corrected chi connectivity index (χ4v) is 2.85. The zero-order valence-corrected chi connectivity index (χ0v) is 14.0. The minimum Gasteiger partial charge on any atom is -0.497 e. The first-order valence-electron chi connectivity index (χ1n) is 8.01. The van der Waals surface area contributed by atoms with E-state index in [-0.39, 0.29) is 6.54 Å². The molecule has 1 heterocycles. The van der Waals surface area contributed by atoms with E-state index in [2.05, 4.69) is 0 Å². The molecule has 0 aliphatic heterocycles. The highest BCUT2D eigenvalue weighted by Crippen LogP contribution is 2.25. The van der Waals surface area contributed by atoms with Crippen LogP contribution in [0.4, 0.5) is 0 Å². The highest BCUT2D eigenvalue weighted by molar-refractivity contribution is 5.86. The predicted molar refractivity (Wildman–Crippen MR) is 96.6 cm³/mol. The highest BCUT2D eigenvalue weighted by atomic mass is 16.5. The molecular formula is C20H15NO5. The third-order valence-electron chi connectivity index (χ3n) is 4.11. The van der Waals surface area contributed by atoms with Crippen LogP contribution in [0, 0.1) is 0 Å². The number of benzene rings is 3. The molecule has 0 fully saturated rings. The minimum atomic E-state index is -0.591. The average Bonchev–Trinajstić information content (AvgIpc) is 2.96. The Balaban J connectivity index is 1.58. The lowest BCUT2D eigenvalue weighted by atomic mass is 10.1. The van der Waals surface area contributed by atoms with Gasteiger partial charge < -0.3 is 13.9 Å². The van der Waals surface area contributed by atoms with E-state index in [0.29, 0.717) is 16.8 Å². The molecule has 0 amide bonds. The molecule has 0 spiro atoms. The van der Waals surface area contributed by atoms with Crippen molar-refractivity contribution < 1.29 is 18.7 Å². The number of para-hydroxylation sites is 2. The molecule has 0 atom stereocenters. The Bertz CT molecular complexity index is 1170. The van der Waals surface area contributed by atoms with Crippen LogP contribution in [0.1, 0.15) is 0 Å². The van der Waals surface area contributed by atoms with Crippen LogP contribution in [0.3, 0.4) is 0 Å². The molecule has 6 heteroatoms. The first-order valence-corrected chi connectivity index (χ1v) is 8.01. The van der Waals surface area contributed by atoms with Gasteiger partial charge in [0.2, 0.25) is 0 Å². The number of rotatable bonds is 4. The van der Waals surface area contributed by atoms with Crippen LogP contribution in [-0.2, 0) is 11.3 Å². The second-order valence-corrected chi connectivity index (χ2v) is 5.77. The summed E-state index contributed by atoms with van der Waals surface area (Å²) in [5.41, 5.74) is 0.987. The predicted octanol–water partition coefficient (Wildman–Crippen LogP) is 3.36. The van der Waals surface area contributed by atoms with Gasteiger partial charge in [-0.25, -0.2) is 9.59 Å². The van der Waals surface area contributed by atoms with Crippen molar-refractivity contribution in [3.05, 3.63) is 71.2 Å². The minimum absolute atomic E-state index is 0.230. The molecule has 0 unspecified atom stereocenters. The molecule has 0 saturated carbocycles. The standard InChI is InChI=1S/C20H15NO5/c1-24-15-8-6-13-7-9-16(11-14(13)10-15)25-19(22)12-21-17-4-2-3-5-18(17)26-20(21)23/h2-11H,12H2,1H3. The normalized spacial score (nSPS) is 11.0. The van der Waals surface area contributed by atoms with E-state index >= 15 is 0 Å². The number of nitrogens with zero attached hydrogens (tertiary/aromatic N) is 1. The topological polar surface area (TPSA) is 70.7 Å². The van der Waals surface area contributed by atoms with Gasteiger partial charge in [0.05, 0.1) is 12.6 Å². The van der Waals surface area contributed by atoms with Gasteiger partial charge >= 0.3 is 11.7 Å².